The van der Waals surface area contributed by atoms with Gasteiger partial charge in [-0.25, -0.2) is 4.39 Å². The van der Waals surface area contributed by atoms with E-state index in [0.717, 1.165) is 5.69 Å². The van der Waals surface area contributed by atoms with Crippen LogP contribution in [0, 0.1) is 12.7 Å². The predicted molar refractivity (Wildman–Crippen MR) is 73.4 cm³/mol. The van der Waals surface area contributed by atoms with E-state index in [1.807, 2.05) is 0 Å². The third-order valence-electron chi connectivity index (χ3n) is 2.59. The van der Waals surface area contributed by atoms with Crippen LogP contribution in [0.25, 0.3) is 0 Å². The van der Waals surface area contributed by atoms with Gasteiger partial charge in [0, 0.05) is 15.8 Å². The van der Waals surface area contributed by atoms with Crippen LogP contribution in [0.2, 0.25) is 0 Å². The highest BCUT2D eigenvalue weighted by Crippen LogP contribution is 2.27. The van der Waals surface area contributed by atoms with Crippen molar-refractivity contribution in [2.45, 2.75) is 32.9 Å². The SMILES string of the molecule is Cc1ccc(C(NC(C)C)c2ccc(F)cn2)s1. The van der Waals surface area contributed by atoms with Crippen molar-refractivity contribution in [3.05, 3.63) is 51.7 Å². The molecule has 0 radical (unpaired) electrons. The van der Waals surface area contributed by atoms with Gasteiger partial charge in [-0.05, 0) is 45.0 Å². The summed E-state index contributed by atoms with van der Waals surface area (Å²) in [6.07, 6.45) is 1.27. The van der Waals surface area contributed by atoms with Crippen LogP contribution in [0.15, 0.2) is 30.5 Å². The molecule has 2 aromatic rings. The zero-order valence-electron chi connectivity index (χ0n) is 10.8. The maximum Gasteiger partial charge on any atom is 0.141 e. The minimum atomic E-state index is -0.301. The van der Waals surface area contributed by atoms with Crippen molar-refractivity contribution < 1.29 is 4.39 Å². The van der Waals surface area contributed by atoms with Gasteiger partial charge in [0.1, 0.15) is 5.82 Å². The molecule has 0 aromatic carbocycles. The molecule has 1 N–H and O–H groups in total. The van der Waals surface area contributed by atoms with Crippen LogP contribution in [-0.4, -0.2) is 11.0 Å². The second-order valence-electron chi connectivity index (χ2n) is 4.60. The second kappa shape index (κ2) is 5.59. The zero-order chi connectivity index (χ0) is 13.1. The molecule has 0 aliphatic carbocycles. The molecule has 0 amide bonds. The average molecular weight is 264 g/mol. The largest absolute Gasteiger partial charge is 0.302 e. The standard InChI is InChI=1S/C14H17FN2S/c1-9(2)17-14(13-7-4-10(3)18-13)12-6-5-11(15)8-16-12/h4-9,14,17H,1-3H3. The maximum absolute atomic E-state index is 12.9. The lowest BCUT2D eigenvalue weighted by Crippen LogP contribution is -2.29. The number of aryl methyl sites for hydroxylation is 1. The summed E-state index contributed by atoms with van der Waals surface area (Å²) in [7, 11) is 0. The number of nitrogens with one attached hydrogen (secondary N) is 1. The molecule has 0 aliphatic heterocycles. The smallest absolute Gasteiger partial charge is 0.141 e. The Balaban J connectivity index is 2.33. The Morgan fingerprint density at radius 3 is 2.50 bits per heavy atom. The molecule has 1 atom stereocenters. The minimum Gasteiger partial charge on any atom is -0.302 e. The molecular formula is C14H17FN2S. The van der Waals surface area contributed by atoms with Crippen LogP contribution >= 0.6 is 11.3 Å². The number of pyridine rings is 1. The van der Waals surface area contributed by atoms with Crippen LogP contribution in [0.1, 0.15) is 35.3 Å². The fourth-order valence-corrected chi connectivity index (χ4v) is 2.76. The van der Waals surface area contributed by atoms with E-state index in [4.69, 9.17) is 0 Å². The van der Waals surface area contributed by atoms with Crippen molar-refractivity contribution in [2.24, 2.45) is 0 Å². The van der Waals surface area contributed by atoms with Crippen molar-refractivity contribution in [1.82, 2.24) is 10.3 Å². The lowest BCUT2D eigenvalue weighted by molar-refractivity contribution is 0.522. The van der Waals surface area contributed by atoms with Gasteiger partial charge in [0.05, 0.1) is 17.9 Å². The average Bonchev–Trinajstić information content (AvgIpc) is 2.74. The number of hydrogen-bond donors (Lipinski definition) is 1. The van der Waals surface area contributed by atoms with Crippen LogP contribution in [0.5, 0.6) is 0 Å². The summed E-state index contributed by atoms with van der Waals surface area (Å²) >= 11 is 1.74. The quantitative estimate of drug-likeness (QED) is 0.911. The Hall–Kier alpha value is -1.26. The molecule has 0 fully saturated rings. The van der Waals surface area contributed by atoms with Gasteiger partial charge in [-0.3, -0.25) is 4.98 Å². The van der Waals surface area contributed by atoms with Gasteiger partial charge in [-0.2, -0.15) is 0 Å². The summed E-state index contributed by atoms with van der Waals surface area (Å²) in [5.41, 5.74) is 0.854. The number of hydrogen-bond acceptors (Lipinski definition) is 3. The number of halogens is 1. The topological polar surface area (TPSA) is 24.9 Å². The lowest BCUT2D eigenvalue weighted by atomic mass is 10.1. The minimum absolute atomic E-state index is 0.0318. The first-order valence-corrected chi connectivity index (χ1v) is 6.81. The molecule has 0 aliphatic rings. The Morgan fingerprint density at radius 1 is 1.22 bits per heavy atom. The number of aromatic nitrogens is 1. The zero-order valence-corrected chi connectivity index (χ0v) is 11.6. The molecule has 2 heterocycles. The fourth-order valence-electron chi connectivity index (χ4n) is 1.81. The van der Waals surface area contributed by atoms with Gasteiger partial charge < -0.3 is 5.32 Å². The highest BCUT2D eigenvalue weighted by molar-refractivity contribution is 7.12. The van der Waals surface area contributed by atoms with Crippen molar-refractivity contribution in [3.8, 4) is 0 Å². The summed E-state index contributed by atoms with van der Waals surface area (Å²) in [6, 6.07) is 7.76. The third-order valence-corrected chi connectivity index (χ3v) is 3.66. The van der Waals surface area contributed by atoms with E-state index < -0.39 is 0 Å². The van der Waals surface area contributed by atoms with Gasteiger partial charge in [-0.15, -0.1) is 11.3 Å². The monoisotopic (exact) mass is 264 g/mol. The number of thiophene rings is 1. The highest BCUT2D eigenvalue weighted by Gasteiger charge is 2.17. The molecule has 2 rings (SSSR count). The highest BCUT2D eigenvalue weighted by atomic mass is 32.1. The van der Waals surface area contributed by atoms with E-state index in [-0.39, 0.29) is 11.9 Å². The number of nitrogens with zero attached hydrogens (tertiary/aromatic N) is 1. The molecule has 0 saturated carbocycles. The van der Waals surface area contributed by atoms with Crippen LogP contribution in [0.4, 0.5) is 4.39 Å². The molecule has 1 unspecified atom stereocenters. The van der Waals surface area contributed by atoms with E-state index in [1.54, 1.807) is 17.4 Å². The molecule has 0 saturated heterocycles. The molecule has 96 valence electrons. The lowest BCUT2D eigenvalue weighted by Gasteiger charge is -2.19. The molecule has 2 aromatic heterocycles. The molecule has 0 bridgehead atoms. The fraction of sp³-hybridized carbons (Fsp3) is 0.357. The maximum atomic E-state index is 12.9. The Labute approximate surface area is 111 Å². The first-order valence-electron chi connectivity index (χ1n) is 6.00. The van der Waals surface area contributed by atoms with Crippen molar-refractivity contribution in [1.29, 1.82) is 0 Å². The third kappa shape index (κ3) is 3.15. The molecular weight excluding hydrogens is 247 g/mol. The van der Waals surface area contributed by atoms with Crippen LogP contribution in [0.3, 0.4) is 0 Å². The van der Waals surface area contributed by atoms with Gasteiger partial charge in [0.25, 0.3) is 0 Å². The summed E-state index contributed by atoms with van der Waals surface area (Å²) in [4.78, 5) is 6.66. The van der Waals surface area contributed by atoms with Crippen LogP contribution in [-0.2, 0) is 0 Å². The van der Waals surface area contributed by atoms with E-state index in [9.17, 15) is 4.39 Å². The molecule has 18 heavy (non-hydrogen) atoms. The van der Waals surface area contributed by atoms with Gasteiger partial charge in [0.15, 0.2) is 0 Å². The van der Waals surface area contributed by atoms with Crippen LogP contribution < -0.4 is 5.32 Å². The van der Waals surface area contributed by atoms with E-state index >= 15 is 0 Å². The first kappa shape index (κ1) is 13.2. The predicted octanol–water partition coefficient (Wildman–Crippen LogP) is 3.68. The summed E-state index contributed by atoms with van der Waals surface area (Å²) in [5, 5.41) is 3.47. The Bertz CT molecular complexity index is 505. The molecule has 2 nitrogen and oxygen atoms in total. The number of rotatable bonds is 4. The van der Waals surface area contributed by atoms with Gasteiger partial charge in [0.2, 0.25) is 0 Å². The summed E-state index contributed by atoms with van der Waals surface area (Å²) in [5.74, 6) is -0.301. The van der Waals surface area contributed by atoms with E-state index in [2.05, 4.69) is 43.2 Å². The van der Waals surface area contributed by atoms with Crippen molar-refractivity contribution in [3.63, 3.8) is 0 Å². The second-order valence-corrected chi connectivity index (χ2v) is 5.92. The van der Waals surface area contributed by atoms with E-state index in [1.165, 1.54) is 22.0 Å². The normalized spacial score (nSPS) is 12.9. The first-order chi connectivity index (χ1) is 8.56. The molecule has 4 heteroatoms. The van der Waals surface area contributed by atoms with E-state index in [0.29, 0.717) is 6.04 Å². The Kier molecular flexibility index (Phi) is 4.09. The summed E-state index contributed by atoms with van der Waals surface area (Å²) < 4.78 is 12.9. The van der Waals surface area contributed by atoms with Crippen molar-refractivity contribution >= 4 is 11.3 Å². The molecule has 0 spiro atoms. The Morgan fingerprint density at radius 2 is 2.00 bits per heavy atom. The van der Waals surface area contributed by atoms with Crippen molar-refractivity contribution in [2.75, 3.05) is 0 Å². The summed E-state index contributed by atoms with van der Waals surface area (Å²) in [6.45, 7) is 6.27. The van der Waals surface area contributed by atoms with Gasteiger partial charge >= 0.3 is 0 Å². The van der Waals surface area contributed by atoms with Gasteiger partial charge in [-0.1, -0.05) is 0 Å².